The standard InChI is InChI=1S/C20H24N2O3.ClH/c1-4-21-13-17-8-5-6-11-19(17)22-20(24)15(3)25-18-10-7-9-16(12-18)14(2)23;/h5-12,15,21H,4,13H2,1-3H3,(H,22,24);1H. The van der Waals surface area contributed by atoms with Crippen molar-refractivity contribution in [2.75, 3.05) is 11.9 Å². The number of ketones is 1. The van der Waals surface area contributed by atoms with Crippen LogP contribution in [-0.2, 0) is 11.3 Å². The van der Waals surface area contributed by atoms with E-state index in [2.05, 4.69) is 10.6 Å². The molecule has 0 bridgehead atoms. The number of benzene rings is 2. The van der Waals surface area contributed by atoms with Crippen LogP contribution in [0.2, 0.25) is 0 Å². The van der Waals surface area contributed by atoms with Gasteiger partial charge in [0.2, 0.25) is 0 Å². The first-order chi connectivity index (χ1) is 12.0. The van der Waals surface area contributed by atoms with Crippen LogP contribution < -0.4 is 15.4 Å². The maximum atomic E-state index is 12.4. The first-order valence-electron chi connectivity index (χ1n) is 8.38. The number of anilines is 1. The lowest BCUT2D eigenvalue weighted by Gasteiger charge is -2.17. The van der Waals surface area contributed by atoms with Crippen LogP contribution in [0.25, 0.3) is 0 Å². The maximum Gasteiger partial charge on any atom is 0.265 e. The molecule has 6 heteroatoms. The third-order valence-corrected chi connectivity index (χ3v) is 3.76. The third kappa shape index (κ3) is 6.17. The Hall–Kier alpha value is -2.37. The van der Waals surface area contributed by atoms with Gasteiger partial charge in [-0.1, -0.05) is 37.3 Å². The van der Waals surface area contributed by atoms with Gasteiger partial charge in [-0.15, -0.1) is 12.4 Å². The van der Waals surface area contributed by atoms with E-state index in [-0.39, 0.29) is 24.1 Å². The number of carbonyl (C=O) groups is 2. The molecule has 2 N–H and O–H groups in total. The molecule has 0 fully saturated rings. The molecule has 0 aliphatic carbocycles. The Morgan fingerprint density at radius 2 is 1.85 bits per heavy atom. The normalized spacial score (nSPS) is 11.2. The van der Waals surface area contributed by atoms with E-state index in [0.717, 1.165) is 17.8 Å². The topological polar surface area (TPSA) is 67.4 Å². The highest BCUT2D eigenvalue weighted by Crippen LogP contribution is 2.18. The molecule has 0 saturated carbocycles. The smallest absolute Gasteiger partial charge is 0.265 e. The number of rotatable bonds is 8. The van der Waals surface area contributed by atoms with Gasteiger partial charge in [0.25, 0.3) is 5.91 Å². The van der Waals surface area contributed by atoms with Gasteiger partial charge < -0.3 is 15.4 Å². The van der Waals surface area contributed by atoms with Gasteiger partial charge >= 0.3 is 0 Å². The highest BCUT2D eigenvalue weighted by atomic mass is 35.5. The summed E-state index contributed by atoms with van der Waals surface area (Å²) in [7, 11) is 0. The van der Waals surface area contributed by atoms with Crippen LogP contribution in [0.4, 0.5) is 5.69 Å². The SMILES string of the molecule is CCNCc1ccccc1NC(=O)C(C)Oc1cccc(C(C)=O)c1.Cl. The van der Waals surface area contributed by atoms with Gasteiger partial charge in [-0.3, -0.25) is 9.59 Å². The summed E-state index contributed by atoms with van der Waals surface area (Å²) in [6.45, 7) is 6.75. The number of para-hydroxylation sites is 1. The van der Waals surface area contributed by atoms with E-state index in [9.17, 15) is 9.59 Å². The quantitative estimate of drug-likeness (QED) is 0.687. The zero-order valence-electron chi connectivity index (χ0n) is 15.2. The molecule has 0 aliphatic heterocycles. The zero-order chi connectivity index (χ0) is 18.2. The Balaban J connectivity index is 0.00000338. The van der Waals surface area contributed by atoms with Gasteiger partial charge in [-0.05, 0) is 44.2 Å². The summed E-state index contributed by atoms with van der Waals surface area (Å²) in [5, 5.41) is 6.16. The highest BCUT2D eigenvalue weighted by Gasteiger charge is 2.16. The van der Waals surface area contributed by atoms with Crippen LogP contribution in [0.15, 0.2) is 48.5 Å². The number of Topliss-reactive ketones (excluding diaryl/α,β-unsaturated/α-hetero) is 1. The number of halogens is 1. The maximum absolute atomic E-state index is 12.4. The molecule has 0 spiro atoms. The molecule has 2 rings (SSSR count). The summed E-state index contributed by atoms with van der Waals surface area (Å²) < 4.78 is 5.68. The van der Waals surface area contributed by atoms with Gasteiger partial charge in [0.1, 0.15) is 5.75 Å². The molecule has 0 aromatic heterocycles. The van der Waals surface area contributed by atoms with E-state index in [1.807, 2.05) is 31.2 Å². The Morgan fingerprint density at radius 3 is 2.54 bits per heavy atom. The molecule has 2 aromatic rings. The predicted molar refractivity (Wildman–Crippen MR) is 106 cm³/mol. The summed E-state index contributed by atoms with van der Waals surface area (Å²) in [6.07, 6.45) is -0.686. The molecule has 5 nitrogen and oxygen atoms in total. The minimum Gasteiger partial charge on any atom is -0.481 e. The molecule has 0 radical (unpaired) electrons. The average molecular weight is 377 g/mol. The van der Waals surface area contributed by atoms with E-state index in [4.69, 9.17) is 4.74 Å². The minimum atomic E-state index is -0.686. The van der Waals surface area contributed by atoms with Crippen molar-refractivity contribution in [2.45, 2.75) is 33.4 Å². The summed E-state index contributed by atoms with van der Waals surface area (Å²) in [5.74, 6) is 0.216. The van der Waals surface area contributed by atoms with E-state index >= 15 is 0 Å². The van der Waals surface area contributed by atoms with Gasteiger partial charge in [0.05, 0.1) is 0 Å². The molecular weight excluding hydrogens is 352 g/mol. The van der Waals surface area contributed by atoms with Gasteiger partial charge in [0, 0.05) is 17.8 Å². The molecule has 1 amide bonds. The van der Waals surface area contributed by atoms with Crippen molar-refractivity contribution >= 4 is 29.8 Å². The molecule has 1 unspecified atom stereocenters. The van der Waals surface area contributed by atoms with Crippen LogP contribution in [0.3, 0.4) is 0 Å². The first-order valence-corrected chi connectivity index (χ1v) is 8.38. The van der Waals surface area contributed by atoms with Crippen LogP contribution in [0.5, 0.6) is 5.75 Å². The minimum absolute atomic E-state index is 0. The summed E-state index contributed by atoms with van der Waals surface area (Å²) in [4.78, 5) is 23.9. The van der Waals surface area contributed by atoms with E-state index < -0.39 is 6.10 Å². The third-order valence-electron chi connectivity index (χ3n) is 3.76. The molecule has 0 aliphatic rings. The number of hydrogen-bond acceptors (Lipinski definition) is 4. The number of ether oxygens (including phenoxy) is 1. The first kappa shape index (κ1) is 21.7. The van der Waals surface area contributed by atoms with Crippen LogP contribution in [0.1, 0.15) is 36.7 Å². The summed E-state index contributed by atoms with van der Waals surface area (Å²) in [6, 6.07) is 14.5. The van der Waals surface area contributed by atoms with Crippen molar-refractivity contribution in [3.05, 3.63) is 59.7 Å². The largest absolute Gasteiger partial charge is 0.481 e. The number of nitrogens with one attached hydrogen (secondary N) is 2. The van der Waals surface area contributed by atoms with Crippen molar-refractivity contribution in [3.63, 3.8) is 0 Å². The van der Waals surface area contributed by atoms with Gasteiger partial charge in [-0.2, -0.15) is 0 Å². The fourth-order valence-electron chi connectivity index (χ4n) is 2.34. The van der Waals surface area contributed by atoms with E-state index in [1.165, 1.54) is 6.92 Å². The van der Waals surface area contributed by atoms with Crippen molar-refractivity contribution < 1.29 is 14.3 Å². The molecule has 1 atom stereocenters. The molecule has 0 heterocycles. The van der Waals surface area contributed by atoms with Crippen molar-refractivity contribution in [1.82, 2.24) is 5.32 Å². The van der Waals surface area contributed by atoms with Crippen LogP contribution in [-0.4, -0.2) is 24.3 Å². The average Bonchev–Trinajstić information content (AvgIpc) is 2.61. The van der Waals surface area contributed by atoms with Crippen molar-refractivity contribution in [3.8, 4) is 5.75 Å². The monoisotopic (exact) mass is 376 g/mol. The zero-order valence-corrected chi connectivity index (χ0v) is 16.1. The van der Waals surface area contributed by atoms with Gasteiger partial charge in [0.15, 0.2) is 11.9 Å². The molecule has 26 heavy (non-hydrogen) atoms. The fraction of sp³-hybridized carbons (Fsp3) is 0.300. The number of carbonyl (C=O) groups excluding carboxylic acids is 2. The predicted octanol–water partition coefficient (Wildman–Crippen LogP) is 3.83. The fourth-order valence-corrected chi connectivity index (χ4v) is 2.34. The second kappa shape index (κ2) is 10.6. The summed E-state index contributed by atoms with van der Waals surface area (Å²) in [5.41, 5.74) is 2.34. The van der Waals surface area contributed by atoms with Crippen molar-refractivity contribution in [1.29, 1.82) is 0 Å². The Bertz CT molecular complexity index is 749. The molecule has 140 valence electrons. The number of hydrogen-bond donors (Lipinski definition) is 2. The Kier molecular flexibility index (Phi) is 8.82. The second-order valence-corrected chi connectivity index (χ2v) is 5.77. The molecule has 0 saturated heterocycles. The Morgan fingerprint density at radius 1 is 1.12 bits per heavy atom. The lowest BCUT2D eigenvalue weighted by molar-refractivity contribution is -0.122. The molecular formula is C20H25ClN2O3. The van der Waals surface area contributed by atoms with Crippen molar-refractivity contribution in [2.24, 2.45) is 0 Å². The lowest BCUT2D eigenvalue weighted by Crippen LogP contribution is -2.30. The van der Waals surface area contributed by atoms with Gasteiger partial charge in [-0.25, -0.2) is 0 Å². The Labute approximate surface area is 160 Å². The lowest BCUT2D eigenvalue weighted by atomic mass is 10.1. The van der Waals surface area contributed by atoms with E-state index in [1.54, 1.807) is 31.2 Å². The van der Waals surface area contributed by atoms with Crippen LogP contribution >= 0.6 is 12.4 Å². The second-order valence-electron chi connectivity index (χ2n) is 5.77. The summed E-state index contributed by atoms with van der Waals surface area (Å²) >= 11 is 0. The van der Waals surface area contributed by atoms with E-state index in [0.29, 0.717) is 17.9 Å². The van der Waals surface area contributed by atoms with Crippen LogP contribution in [0, 0.1) is 0 Å². The highest BCUT2D eigenvalue weighted by molar-refractivity contribution is 5.95. The molecule has 2 aromatic carbocycles. The number of amides is 1.